The van der Waals surface area contributed by atoms with Crippen LogP contribution < -0.4 is 0 Å². The predicted octanol–water partition coefficient (Wildman–Crippen LogP) is 2.45. The molecule has 2 aliphatic carbocycles. The van der Waals surface area contributed by atoms with Crippen LogP contribution in [0.15, 0.2) is 18.2 Å². The first-order chi connectivity index (χ1) is 14.1. The van der Waals surface area contributed by atoms with Crippen molar-refractivity contribution in [2.45, 2.75) is 50.5 Å². The number of piperidine rings is 1. The summed E-state index contributed by atoms with van der Waals surface area (Å²) in [4.78, 5) is 41.7. The average molecular weight is 396 g/mol. The number of likely N-dealkylation sites (tertiary alicyclic amines) is 1. The van der Waals surface area contributed by atoms with Crippen molar-refractivity contribution in [2.75, 3.05) is 32.8 Å². The smallest absolute Gasteiger partial charge is 0.254 e. The third-order valence-electron chi connectivity index (χ3n) is 7.29. The number of fused-ring (bicyclic) bond motifs is 1. The number of hydrogen-bond donors (Lipinski definition) is 0. The first-order valence-corrected chi connectivity index (χ1v) is 10.9. The fraction of sp³-hybridized carbons (Fsp3) is 0.609. The van der Waals surface area contributed by atoms with Gasteiger partial charge in [-0.3, -0.25) is 14.4 Å². The molecule has 0 N–H and O–H groups in total. The lowest BCUT2D eigenvalue weighted by Gasteiger charge is -2.48. The van der Waals surface area contributed by atoms with Crippen molar-refractivity contribution in [3.63, 3.8) is 0 Å². The minimum atomic E-state index is -0.316. The lowest BCUT2D eigenvalue weighted by molar-refractivity contribution is -0.163. The predicted molar refractivity (Wildman–Crippen MR) is 107 cm³/mol. The largest absolute Gasteiger partial charge is 0.371 e. The fourth-order valence-corrected chi connectivity index (χ4v) is 5.23. The summed E-state index contributed by atoms with van der Waals surface area (Å²) in [6.07, 6.45) is 5.88. The van der Waals surface area contributed by atoms with Crippen LogP contribution in [0.4, 0.5) is 0 Å². The van der Waals surface area contributed by atoms with Gasteiger partial charge in [0.1, 0.15) is 0 Å². The van der Waals surface area contributed by atoms with E-state index < -0.39 is 0 Å². The van der Waals surface area contributed by atoms with Gasteiger partial charge in [-0.25, -0.2) is 0 Å². The number of hydrogen-bond acceptors (Lipinski definition) is 4. The van der Waals surface area contributed by atoms with Crippen LogP contribution in [0.1, 0.15) is 64.8 Å². The molecular weight excluding hydrogens is 368 g/mol. The summed E-state index contributed by atoms with van der Waals surface area (Å²) in [5.41, 5.74) is 1.98. The summed E-state index contributed by atoms with van der Waals surface area (Å²) in [5, 5.41) is 0. The molecular formula is C23H28N2O4. The van der Waals surface area contributed by atoms with Gasteiger partial charge in [-0.05, 0) is 43.7 Å². The highest BCUT2D eigenvalue weighted by Gasteiger charge is 2.43. The van der Waals surface area contributed by atoms with Crippen LogP contribution in [-0.2, 0) is 16.0 Å². The Hall–Kier alpha value is -2.21. The number of morpholine rings is 1. The Balaban J connectivity index is 1.25. The second kappa shape index (κ2) is 7.24. The third kappa shape index (κ3) is 3.27. The van der Waals surface area contributed by atoms with E-state index in [1.165, 1.54) is 0 Å². The van der Waals surface area contributed by atoms with Crippen LogP contribution in [0.2, 0.25) is 0 Å². The number of benzene rings is 1. The molecule has 4 aliphatic rings. The van der Waals surface area contributed by atoms with Crippen LogP contribution in [-0.4, -0.2) is 65.8 Å². The average Bonchev–Trinajstić information content (AvgIpc) is 3.08. The van der Waals surface area contributed by atoms with Crippen LogP contribution in [0.25, 0.3) is 0 Å². The van der Waals surface area contributed by atoms with Gasteiger partial charge in [0.2, 0.25) is 5.91 Å². The summed E-state index contributed by atoms with van der Waals surface area (Å²) in [7, 11) is 0. The summed E-state index contributed by atoms with van der Waals surface area (Å²) in [6.45, 7) is 3.17. The Morgan fingerprint density at radius 2 is 1.83 bits per heavy atom. The molecule has 0 radical (unpaired) electrons. The van der Waals surface area contributed by atoms with E-state index in [2.05, 4.69) is 0 Å². The first kappa shape index (κ1) is 18.8. The topological polar surface area (TPSA) is 66.9 Å². The molecule has 6 heteroatoms. The molecule has 154 valence electrons. The van der Waals surface area contributed by atoms with Crippen molar-refractivity contribution in [2.24, 2.45) is 5.92 Å². The minimum absolute atomic E-state index is 0.0182. The molecule has 1 aromatic rings. The molecule has 1 saturated carbocycles. The molecule has 0 bridgehead atoms. The van der Waals surface area contributed by atoms with E-state index >= 15 is 0 Å². The Morgan fingerprint density at radius 3 is 2.55 bits per heavy atom. The highest BCUT2D eigenvalue weighted by Crippen LogP contribution is 2.35. The van der Waals surface area contributed by atoms with E-state index in [9.17, 15) is 14.4 Å². The van der Waals surface area contributed by atoms with E-state index in [4.69, 9.17) is 4.74 Å². The van der Waals surface area contributed by atoms with E-state index in [1.54, 1.807) is 0 Å². The van der Waals surface area contributed by atoms with E-state index in [0.29, 0.717) is 62.7 Å². The monoisotopic (exact) mass is 396 g/mol. The highest BCUT2D eigenvalue weighted by atomic mass is 16.5. The number of carbonyl (C=O) groups excluding carboxylic acids is 3. The van der Waals surface area contributed by atoms with Crippen molar-refractivity contribution in [3.8, 4) is 0 Å². The van der Waals surface area contributed by atoms with Crippen molar-refractivity contribution in [1.82, 2.24) is 9.80 Å². The quantitative estimate of drug-likeness (QED) is 0.770. The summed E-state index contributed by atoms with van der Waals surface area (Å²) in [5.74, 6) is 0.667. The van der Waals surface area contributed by atoms with Crippen LogP contribution in [0.5, 0.6) is 0 Å². The van der Waals surface area contributed by atoms with E-state index in [1.807, 2.05) is 28.0 Å². The maximum Gasteiger partial charge on any atom is 0.254 e. The fourth-order valence-electron chi connectivity index (χ4n) is 5.23. The number of carbonyl (C=O) groups is 3. The first-order valence-electron chi connectivity index (χ1n) is 10.9. The van der Waals surface area contributed by atoms with E-state index in [0.717, 1.165) is 37.7 Å². The molecule has 2 saturated heterocycles. The lowest BCUT2D eigenvalue weighted by Crippen LogP contribution is -2.59. The van der Waals surface area contributed by atoms with Gasteiger partial charge in [0.25, 0.3) is 5.91 Å². The van der Waals surface area contributed by atoms with Gasteiger partial charge < -0.3 is 14.5 Å². The maximum absolute atomic E-state index is 13.2. The molecule has 1 spiro atoms. The molecule has 5 rings (SSSR count). The van der Waals surface area contributed by atoms with Gasteiger partial charge in [-0.2, -0.15) is 0 Å². The third-order valence-corrected chi connectivity index (χ3v) is 7.29. The number of amides is 2. The highest BCUT2D eigenvalue weighted by molar-refractivity contribution is 6.05. The van der Waals surface area contributed by atoms with Gasteiger partial charge in [0.15, 0.2) is 5.78 Å². The van der Waals surface area contributed by atoms with Gasteiger partial charge >= 0.3 is 0 Å². The van der Waals surface area contributed by atoms with Crippen molar-refractivity contribution >= 4 is 17.6 Å². The summed E-state index contributed by atoms with van der Waals surface area (Å²) >= 11 is 0. The SMILES string of the molecule is O=C1CCc2c1cccc2C(=O)N1CCC2(CC1)CN(C(=O)C1CCC1)CCO2. The molecule has 29 heavy (non-hydrogen) atoms. The summed E-state index contributed by atoms with van der Waals surface area (Å²) < 4.78 is 6.16. The molecule has 0 unspecified atom stereocenters. The number of rotatable bonds is 2. The Morgan fingerprint density at radius 1 is 1.03 bits per heavy atom. The second-order valence-electron chi connectivity index (χ2n) is 8.97. The van der Waals surface area contributed by atoms with Gasteiger partial charge in [0.05, 0.1) is 12.2 Å². The van der Waals surface area contributed by atoms with Crippen LogP contribution in [0.3, 0.4) is 0 Å². The lowest BCUT2D eigenvalue weighted by atomic mass is 9.83. The molecule has 0 atom stereocenters. The Labute approximate surface area is 171 Å². The number of Topliss-reactive ketones (excluding diaryl/α,β-unsaturated/α-hetero) is 1. The van der Waals surface area contributed by atoms with Crippen molar-refractivity contribution in [3.05, 3.63) is 34.9 Å². The Kier molecular flexibility index (Phi) is 4.69. The van der Waals surface area contributed by atoms with Gasteiger partial charge in [0, 0.05) is 49.6 Å². The molecule has 6 nitrogen and oxygen atoms in total. The molecule has 2 amide bonds. The zero-order valence-corrected chi connectivity index (χ0v) is 16.8. The number of ketones is 1. The molecule has 0 aromatic heterocycles. The maximum atomic E-state index is 13.2. The van der Waals surface area contributed by atoms with Crippen LogP contribution >= 0.6 is 0 Å². The van der Waals surface area contributed by atoms with Gasteiger partial charge in [-0.1, -0.05) is 18.6 Å². The molecule has 2 aliphatic heterocycles. The van der Waals surface area contributed by atoms with Gasteiger partial charge in [-0.15, -0.1) is 0 Å². The van der Waals surface area contributed by atoms with Crippen molar-refractivity contribution in [1.29, 1.82) is 0 Å². The minimum Gasteiger partial charge on any atom is -0.371 e. The molecule has 3 fully saturated rings. The molecule has 2 heterocycles. The number of ether oxygens (including phenoxy) is 1. The second-order valence-corrected chi connectivity index (χ2v) is 8.97. The van der Waals surface area contributed by atoms with E-state index in [-0.39, 0.29) is 23.2 Å². The Bertz CT molecular complexity index is 852. The summed E-state index contributed by atoms with van der Waals surface area (Å²) in [6, 6.07) is 5.49. The van der Waals surface area contributed by atoms with Crippen LogP contribution in [0, 0.1) is 5.92 Å². The number of nitrogens with zero attached hydrogens (tertiary/aromatic N) is 2. The zero-order valence-electron chi connectivity index (χ0n) is 16.8. The zero-order chi connectivity index (χ0) is 20.0. The normalized spacial score (nSPS) is 23.8. The molecule has 1 aromatic carbocycles. The standard InChI is InChI=1S/C23H28N2O4/c26-20-8-7-17-18(20)5-2-6-19(17)22(28)24-11-9-23(10-12-24)15-25(13-14-29-23)21(27)16-3-1-4-16/h2,5-6,16H,1,3-4,7-15H2. The van der Waals surface area contributed by atoms with Crippen molar-refractivity contribution < 1.29 is 19.1 Å².